The molecule has 0 atom stereocenters. The Labute approximate surface area is 189 Å². The summed E-state index contributed by atoms with van der Waals surface area (Å²) >= 11 is 7.30. The lowest BCUT2D eigenvalue weighted by atomic mass is 9.63. The molecule has 0 radical (unpaired) electrons. The minimum atomic E-state index is -3.68. The molecule has 2 N–H and O–H groups in total. The number of aromatic amines is 1. The molecule has 0 bridgehead atoms. The Morgan fingerprint density at radius 3 is 2.39 bits per heavy atom. The fraction of sp³-hybridized carbons (Fsp3) is 0.182. The van der Waals surface area contributed by atoms with Crippen molar-refractivity contribution in [3.8, 4) is 11.4 Å². The highest BCUT2D eigenvalue weighted by Crippen LogP contribution is 2.48. The van der Waals surface area contributed by atoms with E-state index in [1.807, 2.05) is 18.3 Å². The van der Waals surface area contributed by atoms with Crippen LogP contribution in [0.1, 0.15) is 30.5 Å². The van der Waals surface area contributed by atoms with E-state index in [0.717, 1.165) is 35.5 Å². The average molecular weight is 471 g/mol. The lowest BCUT2D eigenvalue weighted by molar-refractivity contribution is 0.295. The molecule has 1 aliphatic rings. The van der Waals surface area contributed by atoms with Crippen LogP contribution in [0.15, 0.2) is 71.2 Å². The van der Waals surface area contributed by atoms with Gasteiger partial charge in [-0.1, -0.05) is 30.2 Å². The summed E-state index contributed by atoms with van der Waals surface area (Å²) in [6.07, 6.45) is 6.71. The maximum atomic E-state index is 12.5. The number of sulfonamides is 1. The molecule has 31 heavy (non-hydrogen) atoms. The summed E-state index contributed by atoms with van der Waals surface area (Å²) in [4.78, 5) is 12.2. The molecule has 9 heteroatoms. The van der Waals surface area contributed by atoms with Crippen LogP contribution in [0.4, 0.5) is 5.13 Å². The zero-order chi connectivity index (χ0) is 21.5. The Morgan fingerprint density at radius 1 is 1.03 bits per heavy atom. The van der Waals surface area contributed by atoms with E-state index in [-0.39, 0.29) is 10.3 Å². The summed E-state index contributed by atoms with van der Waals surface area (Å²) in [6.45, 7) is 0. The van der Waals surface area contributed by atoms with Crippen molar-refractivity contribution < 1.29 is 8.42 Å². The number of imidazole rings is 1. The molecule has 158 valence electrons. The van der Waals surface area contributed by atoms with E-state index >= 15 is 0 Å². The van der Waals surface area contributed by atoms with E-state index in [9.17, 15) is 8.42 Å². The third-order valence-corrected chi connectivity index (χ3v) is 8.21. The van der Waals surface area contributed by atoms with Gasteiger partial charge in [-0.3, -0.25) is 4.72 Å². The van der Waals surface area contributed by atoms with Crippen molar-refractivity contribution in [2.75, 3.05) is 4.72 Å². The number of hydrogen-bond acceptors (Lipinski definition) is 5. The number of benzene rings is 2. The van der Waals surface area contributed by atoms with E-state index in [2.05, 4.69) is 31.8 Å². The molecule has 0 unspecified atom stereocenters. The molecule has 1 aliphatic carbocycles. The summed E-state index contributed by atoms with van der Waals surface area (Å²) < 4.78 is 27.5. The number of halogens is 1. The van der Waals surface area contributed by atoms with Crippen molar-refractivity contribution in [2.24, 2.45) is 0 Å². The second kappa shape index (κ2) is 7.78. The highest BCUT2D eigenvalue weighted by Gasteiger charge is 2.41. The second-order valence-electron chi connectivity index (χ2n) is 7.56. The van der Waals surface area contributed by atoms with Crippen molar-refractivity contribution in [1.29, 1.82) is 0 Å². The van der Waals surface area contributed by atoms with Gasteiger partial charge >= 0.3 is 0 Å². The molecule has 1 fully saturated rings. The fourth-order valence-corrected chi connectivity index (χ4v) is 5.88. The number of nitrogens with one attached hydrogen (secondary N) is 2. The third kappa shape index (κ3) is 3.75. The molecular formula is C22H19ClN4O2S2. The van der Waals surface area contributed by atoms with E-state index in [0.29, 0.717) is 11.0 Å². The normalized spacial score (nSPS) is 15.4. The average Bonchev–Trinajstić information content (AvgIpc) is 3.41. The third-order valence-electron chi connectivity index (χ3n) is 5.79. The molecule has 0 amide bonds. The van der Waals surface area contributed by atoms with E-state index in [1.165, 1.54) is 16.9 Å². The Kier molecular flexibility index (Phi) is 5.08. The largest absolute Gasteiger partial charge is 0.341 e. The first kappa shape index (κ1) is 20.2. The first-order valence-corrected chi connectivity index (χ1v) is 12.5. The first-order chi connectivity index (χ1) is 15.0. The molecular weight excluding hydrogens is 452 g/mol. The topological polar surface area (TPSA) is 87.7 Å². The van der Waals surface area contributed by atoms with Gasteiger partial charge in [0.05, 0.1) is 4.90 Å². The Hall–Kier alpha value is -2.68. The number of H-pyrrole nitrogens is 1. The highest BCUT2D eigenvalue weighted by molar-refractivity contribution is 7.93. The molecule has 2 aromatic heterocycles. The van der Waals surface area contributed by atoms with Crippen LogP contribution in [0, 0.1) is 0 Å². The number of rotatable bonds is 6. The first-order valence-electron chi connectivity index (χ1n) is 9.81. The van der Waals surface area contributed by atoms with Crippen LogP contribution in [-0.4, -0.2) is 23.4 Å². The lowest BCUT2D eigenvalue weighted by Gasteiger charge is -2.41. The van der Waals surface area contributed by atoms with Gasteiger partial charge in [-0.2, -0.15) is 0 Å². The van der Waals surface area contributed by atoms with Gasteiger partial charge in [-0.15, -0.1) is 11.3 Å². The van der Waals surface area contributed by atoms with Crippen LogP contribution in [0.2, 0.25) is 5.02 Å². The van der Waals surface area contributed by atoms with Crippen LogP contribution in [-0.2, 0) is 15.4 Å². The van der Waals surface area contributed by atoms with Crippen LogP contribution in [0.25, 0.3) is 11.4 Å². The predicted octanol–water partition coefficient (Wildman–Crippen LogP) is 5.46. The minimum Gasteiger partial charge on any atom is -0.341 e. The highest BCUT2D eigenvalue weighted by atomic mass is 35.5. The molecule has 4 aromatic rings. The van der Waals surface area contributed by atoms with Gasteiger partial charge in [0.15, 0.2) is 5.13 Å². The van der Waals surface area contributed by atoms with Crippen molar-refractivity contribution in [2.45, 2.75) is 29.6 Å². The molecule has 2 heterocycles. The lowest BCUT2D eigenvalue weighted by Crippen LogP contribution is -2.35. The van der Waals surface area contributed by atoms with Crippen molar-refractivity contribution >= 4 is 38.1 Å². The number of aromatic nitrogens is 3. The quantitative estimate of drug-likeness (QED) is 0.391. The summed E-state index contributed by atoms with van der Waals surface area (Å²) in [5, 5.41) is 2.78. The number of hydrogen-bond donors (Lipinski definition) is 2. The second-order valence-corrected chi connectivity index (χ2v) is 10.6. The Balaban J connectivity index is 1.40. The van der Waals surface area contributed by atoms with Gasteiger partial charge in [0.2, 0.25) is 0 Å². The van der Waals surface area contributed by atoms with Crippen LogP contribution in [0.3, 0.4) is 0 Å². The van der Waals surface area contributed by atoms with Gasteiger partial charge < -0.3 is 4.98 Å². The molecule has 0 spiro atoms. The van der Waals surface area contributed by atoms with Gasteiger partial charge in [0, 0.05) is 39.5 Å². The number of anilines is 1. The Morgan fingerprint density at radius 2 is 1.77 bits per heavy atom. The molecule has 2 aromatic carbocycles. The van der Waals surface area contributed by atoms with Gasteiger partial charge in [-0.25, -0.2) is 18.4 Å². The molecule has 6 nitrogen and oxygen atoms in total. The zero-order valence-electron chi connectivity index (χ0n) is 16.4. The molecule has 5 rings (SSSR count). The Bertz CT molecular complexity index is 1290. The fourth-order valence-electron chi connectivity index (χ4n) is 3.96. The summed E-state index contributed by atoms with van der Waals surface area (Å²) in [5.41, 5.74) is 3.05. The predicted molar refractivity (Wildman–Crippen MR) is 123 cm³/mol. The number of nitrogens with zero attached hydrogens (tertiary/aromatic N) is 2. The molecule has 0 saturated heterocycles. The monoisotopic (exact) mass is 470 g/mol. The standard InChI is InChI=1S/C22H19ClN4O2S2/c23-17-6-4-16(5-7-17)22(10-1-11-22)19-14-25-20(26-19)15-2-8-18(9-3-15)31(28,29)27-21-24-12-13-30-21/h2-9,12-14H,1,10-11H2,(H,24,27)(H,25,26). The summed E-state index contributed by atoms with van der Waals surface area (Å²) in [5.74, 6) is 0.715. The van der Waals surface area contributed by atoms with E-state index in [4.69, 9.17) is 11.6 Å². The molecule has 0 aliphatic heterocycles. The van der Waals surface area contributed by atoms with Gasteiger partial charge in [0.25, 0.3) is 10.0 Å². The van der Waals surface area contributed by atoms with E-state index in [1.54, 1.807) is 35.8 Å². The smallest absolute Gasteiger partial charge is 0.263 e. The number of thiazole rings is 1. The van der Waals surface area contributed by atoms with Crippen molar-refractivity contribution in [3.05, 3.63) is 82.6 Å². The van der Waals surface area contributed by atoms with Gasteiger partial charge in [-0.05, 0) is 54.8 Å². The van der Waals surface area contributed by atoms with Crippen molar-refractivity contribution in [3.63, 3.8) is 0 Å². The molecule has 1 saturated carbocycles. The minimum absolute atomic E-state index is 0.0727. The van der Waals surface area contributed by atoms with E-state index < -0.39 is 10.0 Å². The maximum absolute atomic E-state index is 12.5. The van der Waals surface area contributed by atoms with Crippen molar-refractivity contribution in [1.82, 2.24) is 15.0 Å². The summed E-state index contributed by atoms with van der Waals surface area (Å²) in [7, 11) is -3.68. The summed E-state index contributed by atoms with van der Waals surface area (Å²) in [6, 6.07) is 14.7. The zero-order valence-corrected chi connectivity index (χ0v) is 18.8. The van der Waals surface area contributed by atoms with Crippen LogP contribution >= 0.6 is 22.9 Å². The van der Waals surface area contributed by atoms with Crippen LogP contribution in [0.5, 0.6) is 0 Å². The SMILES string of the molecule is O=S(=O)(Nc1nccs1)c1ccc(-c2ncc(C3(c4ccc(Cl)cc4)CCC3)[nH]2)cc1. The van der Waals surface area contributed by atoms with Gasteiger partial charge in [0.1, 0.15) is 5.82 Å². The maximum Gasteiger partial charge on any atom is 0.263 e. The van der Waals surface area contributed by atoms with Crippen LogP contribution < -0.4 is 4.72 Å².